The first kappa shape index (κ1) is 20.9. The van der Waals surface area contributed by atoms with Crippen LogP contribution in [0.5, 0.6) is 5.75 Å². The minimum absolute atomic E-state index is 0.0292. The van der Waals surface area contributed by atoms with Gasteiger partial charge in [-0.15, -0.1) is 0 Å². The standard InChI is InChI=1S/C23H22N2O5/c1-30-22-4-2-3-19(13-22)16-24(15-18-7-11-21(12-8-18)25(28)29)20-9-5-17(6-10-20)14-23(26)27/h2-13H,14-16H2,1H3,(H,26,27). The van der Waals surface area contributed by atoms with Crippen LogP contribution >= 0.6 is 0 Å². The summed E-state index contributed by atoms with van der Waals surface area (Å²) < 4.78 is 5.31. The summed E-state index contributed by atoms with van der Waals surface area (Å²) in [5.74, 6) is -0.110. The van der Waals surface area contributed by atoms with Gasteiger partial charge in [0.15, 0.2) is 0 Å². The van der Waals surface area contributed by atoms with E-state index in [1.165, 1.54) is 12.1 Å². The van der Waals surface area contributed by atoms with Crippen LogP contribution in [0, 0.1) is 10.1 Å². The van der Waals surface area contributed by atoms with Crippen molar-refractivity contribution in [1.29, 1.82) is 0 Å². The van der Waals surface area contributed by atoms with E-state index in [9.17, 15) is 14.9 Å². The lowest BCUT2D eigenvalue weighted by atomic mass is 10.1. The normalized spacial score (nSPS) is 10.4. The van der Waals surface area contributed by atoms with E-state index >= 15 is 0 Å². The molecule has 0 aliphatic carbocycles. The van der Waals surface area contributed by atoms with Gasteiger partial charge in [0.2, 0.25) is 0 Å². The number of nitrogens with zero attached hydrogens (tertiary/aromatic N) is 2. The van der Waals surface area contributed by atoms with Crippen LogP contribution in [0.4, 0.5) is 11.4 Å². The molecule has 0 aliphatic rings. The van der Waals surface area contributed by atoms with Crippen LogP contribution in [0.3, 0.4) is 0 Å². The van der Waals surface area contributed by atoms with Gasteiger partial charge in [-0.3, -0.25) is 14.9 Å². The van der Waals surface area contributed by atoms with Gasteiger partial charge in [-0.25, -0.2) is 0 Å². The van der Waals surface area contributed by atoms with E-state index in [0.717, 1.165) is 28.1 Å². The van der Waals surface area contributed by atoms with Crippen molar-refractivity contribution in [3.05, 3.63) is 99.6 Å². The largest absolute Gasteiger partial charge is 0.497 e. The predicted molar refractivity (Wildman–Crippen MR) is 114 cm³/mol. The maximum Gasteiger partial charge on any atom is 0.307 e. The number of anilines is 1. The summed E-state index contributed by atoms with van der Waals surface area (Å²) in [5, 5.41) is 19.9. The van der Waals surface area contributed by atoms with Crippen LogP contribution in [0.15, 0.2) is 72.8 Å². The number of carboxylic acids is 1. The molecule has 0 bridgehead atoms. The van der Waals surface area contributed by atoms with Gasteiger partial charge in [0, 0.05) is 30.9 Å². The monoisotopic (exact) mass is 406 g/mol. The maximum absolute atomic E-state index is 10.9. The third kappa shape index (κ3) is 5.57. The molecule has 0 amide bonds. The van der Waals surface area contributed by atoms with Gasteiger partial charge in [0.05, 0.1) is 18.5 Å². The van der Waals surface area contributed by atoms with E-state index < -0.39 is 10.9 Å². The number of rotatable bonds is 9. The summed E-state index contributed by atoms with van der Waals surface area (Å²) in [5.41, 5.74) is 3.67. The summed E-state index contributed by atoms with van der Waals surface area (Å²) in [6.07, 6.45) is -0.0292. The Kier molecular flexibility index (Phi) is 6.64. The number of nitro groups is 1. The lowest BCUT2D eigenvalue weighted by Crippen LogP contribution is -2.22. The van der Waals surface area contributed by atoms with Gasteiger partial charge in [-0.1, -0.05) is 36.4 Å². The van der Waals surface area contributed by atoms with Crippen LogP contribution in [-0.4, -0.2) is 23.1 Å². The Labute approximate surface area is 174 Å². The SMILES string of the molecule is COc1cccc(CN(Cc2ccc([N+](=O)[O-])cc2)c2ccc(CC(=O)O)cc2)c1. The van der Waals surface area contributed by atoms with Crippen molar-refractivity contribution in [3.8, 4) is 5.75 Å². The first-order valence-electron chi connectivity index (χ1n) is 9.36. The van der Waals surface area contributed by atoms with Gasteiger partial charge in [-0.2, -0.15) is 0 Å². The predicted octanol–water partition coefficient (Wildman–Crippen LogP) is 4.44. The zero-order valence-corrected chi connectivity index (χ0v) is 16.5. The first-order valence-corrected chi connectivity index (χ1v) is 9.36. The average molecular weight is 406 g/mol. The van der Waals surface area contributed by atoms with Crippen LogP contribution in [0.1, 0.15) is 16.7 Å². The summed E-state index contributed by atoms with van der Waals surface area (Å²) >= 11 is 0. The molecule has 3 rings (SSSR count). The number of benzene rings is 3. The highest BCUT2D eigenvalue weighted by Crippen LogP contribution is 2.24. The summed E-state index contributed by atoms with van der Waals surface area (Å²) in [7, 11) is 1.62. The second kappa shape index (κ2) is 9.56. The quantitative estimate of drug-likeness (QED) is 0.417. The first-order chi connectivity index (χ1) is 14.4. The lowest BCUT2D eigenvalue weighted by molar-refractivity contribution is -0.384. The van der Waals surface area contributed by atoms with Gasteiger partial charge < -0.3 is 14.7 Å². The molecule has 30 heavy (non-hydrogen) atoms. The number of hydrogen-bond acceptors (Lipinski definition) is 5. The fourth-order valence-corrected chi connectivity index (χ4v) is 3.17. The molecule has 7 nitrogen and oxygen atoms in total. The molecule has 3 aromatic carbocycles. The minimum Gasteiger partial charge on any atom is -0.497 e. The Morgan fingerprint density at radius 1 is 0.967 bits per heavy atom. The van der Waals surface area contributed by atoms with Crippen LogP contribution < -0.4 is 9.64 Å². The van der Waals surface area contributed by atoms with Crippen molar-refractivity contribution in [2.75, 3.05) is 12.0 Å². The molecule has 0 heterocycles. The Bertz CT molecular complexity index is 1020. The molecular formula is C23H22N2O5. The highest BCUT2D eigenvalue weighted by atomic mass is 16.6. The van der Waals surface area contributed by atoms with E-state index in [-0.39, 0.29) is 12.1 Å². The highest BCUT2D eigenvalue weighted by molar-refractivity contribution is 5.70. The number of carbonyl (C=O) groups is 1. The smallest absolute Gasteiger partial charge is 0.307 e. The topological polar surface area (TPSA) is 92.9 Å². The Morgan fingerprint density at radius 2 is 1.60 bits per heavy atom. The fourth-order valence-electron chi connectivity index (χ4n) is 3.17. The van der Waals surface area contributed by atoms with Gasteiger partial charge in [0.25, 0.3) is 5.69 Å². The molecule has 0 radical (unpaired) electrons. The summed E-state index contributed by atoms with van der Waals surface area (Å²) in [6.45, 7) is 1.12. The van der Waals surface area contributed by atoms with Crippen LogP contribution in [-0.2, 0) is 24.3 Å². The van der Waals surface area contributed by atoms with Crippen LogP contribution in [0.25, 0.3) is 0 Å². The van der Waals surface area contributed by atoms with Gasteiger partial charge in [0.1, 0.15) is 5.75 Å². The molecule has 0 saturated carbocycles. The number of non-ortho nitro benzene ring substituents is 1. The fraction of sp³-hybridized carbons (Fsp3) is 0.174. The van der Waals surface area contributed by atoms with Crippen molar-refractivity contribution in [3.63, 3.8) is 0 Å². The number of aliphatic carboxylic acids is 1. The van der Waals surface area contributed by atoms with Crippen molar-refractivity contribution >= 4 is 17.3 Å². The molecule has 7 heteroatoms. The molecule has 0 unspecified atom stereocenters. The van der Waals surface area contributed by atoms with Crippen molar-refractivity contribution in [2.45, 2.75) is 19.5 Å². The number of carboxylic acid groups (broad SMARTS) is 1. The second-order valence-electron chi connectivity index (χ2n) is 6.87. The molecule has 0 aliphatic heterocycles. The Morgan fingerprint density at radius 3 is 2.20 bits per heavy atom. The Hall–Kier alpha value is -3.87. The molecule has 3 aromatic rings. The highest BCUT2D eigenvalue weighted by Gasteiger charge is 2.12. The van der Waals surface area contributed by atoms with Crippen LogP contribution in [0.2, 0.25) is 0 Å². The average Bonchev–Trinajstić information content (AvgIpc) is 2.74. The van der Waals surface area contributed by atoms with E-state index in [1.807, 2.05) is 36.4 Å². The van der Waals surface area contributed by atoms with E-state index in [1.54, 1.807) is 31.4 Å². The third-order valence-electron chi connectivity index (χ3n) is 4.69. The number of hydrogen-bond donors (Lipinski definition) is 1. The summed E-state index contributed by atoms with van der Waals surface area (Å²) in [6, 6.07) is 21.6. The number of nitro benzene ring substituents is 1. The van der Waals surface area contributed by atoms with Crippen molar-refractivity contribution < 1.29 is 19.6 Å². The van der Waals surface area contributed by atoms with Gasteiger partial charge >= 0.3 is 5.97 Å². The Balaban J connectivity index is 1.87. The molecule has 0 spiro atoms. The summed E-state index contributed by atoms with van der Waals surface area (Å²) in [4.78, 5) is 23.6. The van der Waals surface area contributed by atoms with E-state index in [2.05, 4.69) is 4.90 Å². The lowest BCUT2D eigenvalue weighted by Gasteiger charge is -2.25. The molecule has 0 atom stereocenters. The number of ether oxygens (including phenoxy) is 1. The molecule has 0 saturated heterocycles. The van der Waals surface area contributed by atoms with Gasteiger partial charge in [-0.05, 0) is 41.0 Å². The zero-order chi connectivity index (χ0) is 21.5. The van der Waals surface area contributed by atoms with Crippen molar-refractivity contribution in [1.82, 2.24) is 0 Å². The zero-order valence-electron chi connectivity index (χ0n) is 16.5. The number of methoxy groups -OCH3 is 1. The minimum atomic E-state index is -0.873. The molecule has 154 valence electrons. The maximum atomic E-state index is 10.9. The second-order valence-corrected chi connectivity index (χ2v) is 6.87. The van der Waals surface area contributed by atoms with E-state index in [4.69, 9.17) is 9.84 Å². The molecule has 0 aromatic heterocycles. The molecule has 1 N–H and O–H groups in total. The molecule has 0 fully saturated rings. The molecular weight excluding hydrogens is 384 g/mol. The third-order valence-corrected chi connectivity index (χ3v) is 4.69. The van der Waals surface area contributed by atoms with Crippen molar-refractivity contribution in [2.24, 2.45) is 0 Å². The van der Waals surface area contributed by atoms with E-state index in [0.29, 0.717) is 13.1 Å².